The van der Waals surface area contributed by atoms with Crippen molar-refractivity contribution in [3.05, 3.63) is 0 Å². The third-order valence-electron chi connectivity index (χ3n) is 14.4. The van der Waals surface area contributed by atoms with Gasteiger partial charge in [-0.1, -0.05) is 174 Å². The van der Waals surface area contributed by atoms with Crippen LogP contribution in [0.1, 0.15) is 194 Å². The molecule has 0 radical (unpaired) electrons. The first-order chi connectivity index (χ1) is 34.2. The molecule has 19 heteroatoms. The zero-order valence-corrected chi connectivity index (χ0v) is 43.2. The highest BCUT2D eigenvalue weighted by Gasteiger charge is 2.49. The summed E-state index contributed by atoms with van der Waals surface area (Å²) in [4.78, 5) is 13.3. The fourth-order valence-electron chi connectivity index (χ4n) is 9.57. The van der Waals surface area contributed by atoms with Gasteiger partial charge in [0.1, 0.15) is 73.2 Å². The average Bonchev–Trinajstić information content (AvgIpc) is 3.36. The molecule has 17 atom stereocenters. The first-order valence-corrected chi connectivity index (χ1v) is 27.8. The number of unbranched alkanes of at least 4 members (excludes halogenated alkanes) is 24. The van der Waals surface area contributed by atoms with E-state index in [9.17, 15) is 61.0 Å². The maximum absolute atomic E-state index is 13.3. The number of carbonyl (C=O) groups is 1. The van der Waals surface area contributed by atoms with E-state index in [1.807, 2.05) is 0 Å². The van der Waals surface area contributed by atoms with E-state index in [2.05, 4.69) is 19.2 Å². The number of ether oxygens (including phenoxy) is 6. The van der Waals surface area contributed by atoms with Gasteiger partial charge in [0.15, 0.2) is 18.9 Å². The quantitative estimate of drug-likeness (QED) is 0.0392. The van der Waals surface area contributed by atoms with Crippen LogP contribution in [-0.4, -0.2) is 193 Å². The Morgan fingerprint density at radius 2 is 0.761 bits per heavy atom. The van der Waals surface area contributed by atoms with Crippen LogP contribution >= 0.6 is 0 Å². The highest BCUT2D eigenvalue weighted by molar-refractivity contribution is 5.76. The first kappa shape index (κ1) is 64.1. The summed E-state index contributed by atoms with van der Waals surface area (Å²) < 4.78 is 33.9. The summed E-state index contributed by atoms with van der Waals surface area (Å²) in [5.41, 5.74) is 0. The largest absolute Gasteiger partial charge is 0.394 e. The smallest absolute Gasteiger partial charge is 0.220 e. The SMILES string of the molecule is CCCCCCCCCCCCCCCC(=O)N[C@@H](CO[C@@H]1O[C@H](CO[C@@H]2O[C@H](CO[C@@H]3O[C@H](CO)[C@H](O)[C@H](O)[C@H]3O)[C@H](O)[C@H](O)[C@H]2O)[C@H](O)[C@H](O)[C@H]1O)[C@H](O)CCCCCCCCCCCCCCC. The molecule has 19 nitrogen and oxygen atoms in total. The third-order valence-corrected chi connectivity index (χ3v) is 14.4. The second-order valence-electron chi connectivity index (χ2n) is 20.5. The lowest BCUT2D eigenvalue weighted by Gasteiger charge is -2.44. The zero-order valence-electron chi connectivity index (χ0n) is 43.2. The van der Waals surface area contributed by atoms with Gasteiger partial charge in [-0.3, -0.25) is 4.79 Å². The lowest BCUT2D eigenvalue weighted by atomic mass is 9.98. The Morgan fingerprint density at radius 3 is 1.14 bits per heavy atom. The summed E-state index contributed by atoms with van der Waals surface area (Å²) in [6.45, 7) is 2.25. The highest BCUT2D eigenvalue weighted by atomic mass is 16.7. The van der Waals surface area contributed by atoms with Crippen molar-refractivity contribution in [1.82, 2.24) is 5.32 Å². The Hall–Kier alpha value is -1.21. The van der Waals surface area contributed by atoms with Gasteiger partial charge in [0.2, 0.25) is 5.91 Å². The van der Waals surface area contributed by atoms with Crippen LogP contribution in [-0.2, 0) is 33.2 Å². The van der Waals surface area contributed by atoms with Crippen molar-refractivity contribution in [3.8, 4) is 0 Å². The van der Waals surface area contributed by atoms with Gasteiger partial charge in [0.05, 0.1) is 38.6 Å². The summed E-state index contributed by atoms with van der Waals surface area (Å²) in [5.74, 6) is -0.242. The van der Waals surface area contributed by atoms with Crippen LogP contribution in [0, 0.1) is 0 Å². The van der Waals surface area contributed by atoms with Crippen molar-refractivity contribution in [1.29, 1.82) is 0 Å². The fraction of sp³-hybridized carbons (Fsp3) is 0.981. The number of amides is 1. The van der Waals surface area contributed by atoms with Crippen LogP contribution in [0.5, 0.6) is 0 Å². The van der Waals surface area contributed by atoms with Crippen LogP contribution in [0.4, 0.5) is 0 Å². The van der Waals surface area contributed by atoms with Gasteiger partial charge in [0.25, 0.3) is 0 Å². The molecule has 3 saturated heterocycles. The molecule has 0 spiro atoms. The second kappa shape index (κ2) is 37.5. The first-order valence-electron chi connectivity index (χ1n) is 27.8. The summed E-state index contributed by atoms with van der Waals surface area (Å²) in [6.07, 6.45) is 5.55. The summed E-state index contributed by atoms with van der Waals surface area (Å²) in [6, 6.07) is -0.878. The predicted octanol–water partition coefficient (Wildman–Crippen LogP) is 3.26. The number of carbonyl (C=O) groups excluding carboxylic acids is 1. The van der Waals surface area contributed by atoms with Gasteiger partial charge >= 0.3 is 0 Å². The van der Waals surface area contributed by atoms with Gasteiger partial charge in [0, 0.05) is 6.42 Å². The normalized spacial score (nSPS) is 32.2. The molecule has 3 fully saturated rings. The van der Waals surface area contributed by atoms with Crippen LogP contribution in [0.25, 0.3) is 0 Å². The van der Waals surface area contributed by atoms with E-state index in [1.165, 1.54) is 116 Å². The molecule has 0 aromatic carbocycles. The van der Waals surface area contributed by atoms with Gasteiger partial charge in [-0.15, -0.1) is 0 Å². The van der Waals surface area contributed by atoms with E-state index in [0.717, 1.165) is 44.9 Å². The van der Waals surface area contributed by atoms with Crippen LogP contribution in [0.3, 0.4) is 0 Å². The lowest BCUT2D eigenvalue weighted by molar-refractivity contribution is -0.342. The van der Waals surface area contributed by atoms with E-state index >= 15 is 0 Å². The molecule has 12 N–H and O–H groups in total. The van der Waals surface area contributed by atoms with Gasteiger partial charge < -0.3 is 89.9 Å². The fourth-order valence-corrected chi connectivity index (χ4v) is 9.57. The Kier molecular flexibility index (Phi) is 33.9. The van der Waals surface area contributed by atoms with Gasteiger partial charge in [-0.2, -0.15) is 0 Å². The summed E-state index contributed by atoms with van der Waals surface area (Å²) in [7, 11) is 0. The van der Waals surface area contributed by atoms with Crippen LogP contribution in [0.15, 0.2) is 0 Å². The molecular weight excluding hydrogens is 927 g/mol. The lowest BCUT2D eigenvalue weighted by Crippen LogP contribution is -2.63. The molecule has 71 heavy (non-hydrogen) atoms. The highest BCUT2D eigenvalue weighted by Crippen LogP contribution is 2.29. The van der Waals surface area contributed by atoms with Crippen molar-refractivity contribution in [2.75, 3.05) is 26.4 Å². The number of aliphatic hydroxyl groups excluding tert-OH is 11. The molecule has 0 aromatic heterocycles. The van der Waals surface area contributed by atoms with Crippen molar-refractivity contribution >= 4 is 5.91 Å². The Labute approximate surface area is 423 Å². The number of nitrogens with one attached hydrogen (secondary N) is 1. The van der Waals surface area contributed by atoms with Gasteiger partial charge in [-0.25, -0.2) is 0 Å². The molecular formula is C52H99NO18. The summed E-state index contributed by atoms with van der Waals surface area (Å²) in [5, 5.41) is 119. The third kappa shape index (κ3) is 23.7. The second-order valence-corrected chi connectivity index (χ2v) is 20.5. The molecule has 0 bridgehead atoms. The van der Waals surface area contributed by atoms with E-state index in [-0.39, 0.29) is 18.9 Å². The standard InChI is InChI=1S/C52H99NO18/c1-3-5-7-9-11-13-15-17-19-21-23-25-27-29-36(55)35(53-40(56)30-28-26-24-22-20-18-16-14-12-10-8-6-4-2)32-66-50-48(64)45(61)42(58)38(70-50)34-68-52-49(65)46(62)43(59)39(71-52)33-67-51-47(63)44(60)41(57)37(31-54)69-51/h35-39,41-52,54-55,57-65H,3-34H2,1-2H3,(H,53,56)/t35-,36+,37+,38+,39+,41-,42-,43-,44-,45-,46-,47+,48+,49+,50+,51+,52+/m0/s1. The predicted molar refractivity (Wildman–Crippen MR) is 264 cm³/mol. The zero-order chi connectivity index (χ0) is 52.0. The number of rotatable bonds is 40. The molecule has 1 amide bonds. The van der Waals surface area contributed by atoms with E-state index < -0.39 is 124 Å². The molecule has 3 heterocycles. The van der Waals surface area contributed by atoms with Crippen molar-refractivity contribution in [2.45, 2.75) is 298 Å². The van der Waals surface area contributed by atoms with Crippen LogP contribution < -0.4 is 5.32 Å². The van der Waals surface area contributed by atoms with Crippen molar-refractivity contribution in [2.24, 2.45) is 0 Å². The topological polar surface area (TPSA) is 307 Å². The monoisotopic (exact) mass is 1030 g/mol. The van der Waals surface area contributed by atoms with E-state index in [4.69, 9.17) is 28.4 Å². The minimum atomic E-state index is -1.85. The van der Waals surface area contributed by atoms with Crippen molar-refractivity contribution < 1.29 is 89.4 Å². The number of aliphatic hydroxyl groups is 11. The maximum atomic E-state index is 13.3. The average molecular weight is 1030 g/mol. The molecule has 3 aliphatic heterocycles. The number of hydrogen-bond acceptors (Lipinski definition) is 18. The Bertz CT molecular complexity index is 1320. The van der Waals surface area contributed by atoms with E-state index in [1.54, 1.807) is 0 Å². The maximum Gasteiger partial charge on any atom is 0.220 e. The Balaban J connectivity index is 1.52. The summed E-state index contributed by atoms with van der Waals surface area (Å²) >= 11 is 0. The van der Waals surface area contributed by atoms with Crippen LogP contribution in [0.2, 0.25) is 0 Å². The minimum Gasteiger partial charge on any atom is -0.394 e. The van der Waals surface area contributed by atoms with E-state index in [0.29, 0.717) is 12.8 Å². The molecule has 3 aliphatic rings. The minimum absolute atomic E-state index is 0.242. The molecule has 0 unspecified atom stereocenters. The van der Waals surface area contributed by atoms with Crippen molar-refractivity contribution in [3.63, 3.8) is 0 Å². The van der Waals surface area contributed by atoms with Gasteiger partial charge in [-0.05, 0) is 12.8 Å². The molecule has 0 saturated carbocycles. The molecule has 3 rings (SSSR count). The molecule has 0 aromatic rings. The Morgan fingerprint density at radius 1 is 0.437 bits per heavy atom. The molecule has 420 valence electrons. The number of hydrogen-bond donors (Lipinski definition) is 12. The molecule has 0 aliphatic carbocycles.